The van der Waals surface area contributed by atoms with E-state index in [0.29, 0.717) is 12.0 Å². The van der Waals surface area contributed by atoms with Gasteiger partial charge in [-0.1, -0.05) is 12.1 Å². The Labute approximate surface area is 98.3 Å². The summed E-state index contributed by atoms with van der Waals surface area (Å²) in [6.07, 6.45) is 0.730. The van der Waals surface area contributed by atoms with Gasteiger partial charge in [0, 0.05) is 0 Å². The summed E-state index contributed by atoms with van der Waals surface area (Å²) in [5, 5.41) is 0. The third-order valence-electron chi connectivity index (χ3n) is 2.08. The van der Waals surface area contributed by atoms with Gasteiger partial charge in [0.1, 0.15) is 11.9 Å². The van der Waals surface area contributed by atoms with E-state index in [2.05, 4.69) is 9.03 Å². The van der Waals surface area contributed by atoms with Gasteiger partial charge in [-0.2, -0.15) is 0 Å². The first kappa shape index (κ1) is 12.5. The average molecular weight is 243 g/mol. The van der Waals surface area contributed by atoms with Crippen LogP contribution in [0.5, 0.6) is 0 Å². The first-order valence-electron chi connectivity index (χ1n) is 4.66. The van der Waals surface area contributed by atoms with Crippen molar-refractivity contribution in [1.29, 1.82) is 0 Å². The van der Waals surface area contributed by atoms with Gasteiger partial charge in [-0.25, -0.2) is 4.79 Å². The van der Waals surface area contributed by atoms with Crippen molar-refractivity contribution in [2.75, 3.05) is 7.11 Å². The zero-order chi connectivity index (χ0) is 12.0. The number of halogens is 1. The zero-order valence-corrected chi connectivity index (χ0v) is 9.49. The minimum absolute atomic E-state index is 0.209. The molecule has 0 aliphatic carbocycles. The maximum Gasteiger partial charge on any atom is 0.337 e. The zero-order valence-electron chi connectivity index (χ0n) is 8.73. The Hall–Kier alpha value is -1.55. The summed E-state index contributed by atoms with van der Waals surface area (Å²) >= 11 is 4.89. The van der Waals surface area contributed by atoms with Crippen molar-refractivity contribution >= 4 is 23.8 Å². The second kappa shape index (κ2) is 6.12. The first-order valence-corrected chi connectivity index (χ1v) is 4.97. The number of carbonyl (C=O) groups excluding carboxylic acids is 2. The molecule has 1 aromatic rings. The Bertz CT molecular complexity index is 372. The monoisotopic (exact) mass is 242 g/mol. The van der Waals surface area contributed by atoms with Gasteiger partial charge in [-0.15, -0.1) is 0 Å². The summed E-state index contributed by atoms with van der Waals surface area (Å²) in [5.74, 6) is -0.856. The molecule has 0 bridgehead atoms. The van der Waals surface area contributed by atoms with Crippen molar-refractivity contribution in [3.8, 4) is 0 Å². The highest BCUT2D eigenvalue weighted by molar-refractivity contribution is 6.13. The summed E-state index contributed by atoms with van der Waals surface area (Å²) in [6, 6.07) is 6.81. The fourth-order valence-electron chi connectivity index (χ4n) is 1.21. The lowest BCUT2D eigenvalue weighted by molar-refractivity contribution is -0.133. The Morgan fingerprint density at radius 2 is 1.88 bits per heavy atom. The molecule has 0 N–H and O–H groups in total. The molecule has 0 saturated carbocycles. The lowest BCUT2D eigenvalue weighted by atomic mass is 10.1. The highest BCUT2D eigenvalue weighted by Crippen LogP contribution is 2.08. The first-order chi connectivity index (χ1) is 7.67. The molecule has 0 aliphatic heterocycles. The summed E-state index contributed by atoms with van der Waals surface area (Å²) in [5.41, 5.74) is 1.40. The molecule has 5 heteroatoms. The van der Waals surface area contributed by atoms with E-state index in [1.54, 1.807) is 24.3 Å². The van der Waals surface area contributed by atoms with Crippen LogP contribution in [0.4, 0.5) is 0 Å². The highest BCUT2D eigenvalue weighted by Gasteiger charge is 2.06. The van der Waals surface area contributed by atoms with Gasteiger partial charge in [0.15, 0.2) is 0 Å². The van der Waals surface area contributed by atoms with Gasteiger partial charge in [0.2, 0.25) is 0 Å². The van der Waals surface area contributed by atoms with Crippen molar-refractivity contribution in [2.24, 2.45) is 0 Å². The predicted molar refractivity (Wildman–Crippen MR) is 58.0 cm³/mol. The Morgan fingerprint density at radius 1 is 1.25 bits per heavy atom. The molecule has 0 heterocycles. The SMILES string of the molecule is COC(=O)c1ccc(CCC(=O)OCl)cc1. The van der Waals surface area contributed by atoms with E-state index in [1.807, 2.05) is 0 Å². The highest BCUT2D eigenvalue weighted by atomic mass is 35.5. The molecule has 0 aromatic heterocycles. The minimum atomic E-state index is -0.473. The number of methoxy groups -OCH3 is 1. The molecular weight excluding hydrogens is 232 g/mol. The number of aryl methyl sites for hydroxylation is 1. The number of ether oxygens (including phenoxy) is 1. The van der Waals surface area contributed by atoms with Crippen LogP contribution in [0.1, 0.15) is 22.3 Å². The van der Waals surface area contributed by atoms with E-state index in [4.69, 9.17) is 11.9 Å². The van der Waals surface area contributed by atoms with Crippen molar-refractivity contribution in [2.45, 2.75) is 12.8 Å². The molecule has 4 nitrogen and oxygen atoms in total. The average Bonchev–Trinajstić information content (AvgIpc) is 2.35. The number of carbonyl (C=O) groups is 2. The van der Waals surface area contributed by atoms with Crippen LogP contribution in [0.3, 0.4) is 0 Å². The van der Waals surface area contributed by atoms with Crippen LogP contribution in [-0.2, 0) is 20.2 Å². The maximum absolute atomic E-state index is 11.1. The molecule has 0 amide bonds. The van der Waals surface area contributed by atoms with E-state index in [9.17, 15) is 9.59 Å². The molecule has 0 fully saturated rings. The van der Waals surface area contributed by atoms with Crippen LogP contribution in [0.15, 0.2) is 24.3 Å². The van der Waals surface area contributed by atoms with Gasteiger partial charge in [-0.05, 0) is 24.1 Å². The van der Waals surface area contributed by atoms with Gasteiger partial charge < -0.3 is 9.03 Å². The molecule has 1 rings (SSSR count). The van der Waals surface area contributed by atoms with Crippen LogP contribution in [-0.4, -0.2) is 19.0 Å². The van der Waals surface area contributed by atoms with Gasteiger partial charge in [-0.3, -0.25) is 4.79 Å². The van der Waals surface area contributed by atoms with Crippen LogP contribution >= 0.6 is 11.9 Å². The standard InChI is InChI=1S/C11H11ClO4/c1-15-11(14)9-5-2-8(3-6-9)4-7-10(13)16-12/h2-3,5-6H,4,7H2,1H3. The fourth-order valence-corrected chi connectivity index (χ4v) is 1.29. The van der Waals surface area contributed by atoms with Crippen molar-refractivity contribution in [3.63, 3.8) is 0 Å². The van der Waals surface area contributed by atoms with Crippen LogP contribution in [0.2, 0.25) is 0 Å². The number of benzene rings is 1. The molecule has 0 atom stereocenters. The van der Waals surface area contributed by atoms with Crippen LogP contribution in [0, 0.1) is 0 Å². The molecule has 0 spiro atoms. The van der Waals surface area contributed by atoms with Crippen LogP contribution in [0.25, 0.3) is 0 Å². The predicted octanol–water partition coefficient (Wildman–Crippen LogP) is 2.10. The maximum atomic E-state index is 11.1. The smallest absolute Gasteiger partial charge is 0.337 e. The van der Waals surface area contributed by atoms with E-state index < -0.39 is 5.97 Å². The van der Waals surface area contributed by atoms with E-state index >= 15 is 0 Å². The number of esters is 1. The third kappa shape index (κ3) is 3.55. The summed E-state index contributed by atoms with van der Waals surface area (Å²) in [6.45, 7) is 0. The molecule has 0 saturated heterocycles. The molecule has 86 valence electrons. The molecule has 16 heavy (non-hydrogen) atoms. The summed E-state index contributed by atoms with van der Waals surface area (Å²) < 4.78 is 8.57. The quantitative estimate of drug-likeness (QED) is 0.759. The molecule has 1 aromatic carbocycles. The molecule has 0 aliphatic rings. The lowest BCUT2D eigenvalue weighted by Gasteiger charge is -2.01. The van der Waals surface area contributed by atoms with Crippen molar-refractivity contribution in [1.82, 2.24) is 0 Å². The Balaban J connectivity index is 2.58. The van der Waals surface area contributed by atoms with Crippen molar-refractivity contribution < 1.29 is 18.6 Å². The Kier molecular flexibility index (Phi) is 4.79. The van der Waals surface area contributed by atoms with Gasteiger partial charge in [0.05, 0.1) is 19.1 Å². The third-order valence-corrected chi connectivity index (χ3v) is 2.25. The largest absolute Gasteiger partial charge is 0.465 e. The Morgan fingerprint density at radius 3 is 2.38 bits per heavy atom. The van der Waals surface area contributed by atoms with Gasteiger partial charge >= 0.3 is 11.9 Å². The summed E-state index contributed by atoms with van der Waals surface area (Å²) in [7, 11) is 1.33. The second-order valence-electron chi connectivity index (χ2n) is 3.14. The minimum Gasteiger partial charge on any atom is -0.465 e. The van der Waals surface area contributed by atoms with E-state index in [0.717, 1.165) is 5.56 Å². The fraction of sp³-hybridized carbons (Fsp3) is 0.273. The lowest BCUT2D eigenvalue weighted by Crippen LogP contribution is -2.02. The second-order valence-corrected chi connectivity index (χ2v) is 3.29. The van der Waals surface area contributed by atoms with E-state index in [-0.39, 0.29) is 12.4 Å². The topological polar surface area (TPSA) is 52.6 Å². The molecule has 0 unspecified atom stereocenters. The molecular formula is C11H11ClO4. The van der Waals surface area contributed by atoms with Crippen LogP contribution < -0.4 is 0 Å². The number of rotatable bonds is 4. The number of hydrogen-bond acceptors (Lipinski definition) is 4. The van der Waals surface area contributed by atoms with E-state index in [1.165, 1.54) is 7.11 Å². The normalized spacial score (nSPS) is 9.62. The van der Waals surface area contributed by atoms with Gasteiger partial charge in [0.25, 0.3) is 0 Å². The summed E-state index contributed by atoms with van der Waals surface area (Å²) in [4.78, 5) is 21.9. The number of hydrogen-bond donors (Lipinski definition) is 0. The van der Waals surface area contributed by atoms with Crippen molar-refractivity contribution in [3.05, 3.63) is 35.4 Å². The molecule has 0 radical (unpaired) electrons.